The van der Waals surface area contributed by atoms with Crippen molar-refractivity contribution in [2.45, 2.75) is 6.54 Å². The average Bonchev–Trinajstić information content (AvgIpc) is 2.50. The molecule has 0 aromatic heterocycles. The summed E-state index contributed by atoms with van der Waals surface area (Å²) in [5.41, 5.74) is 1.14. The van der Waals surface area contributed by atoms with Crippen LogP contribution in [0.5, 0.6) is 17.2 Å². The van der Waals surface area contributed by atoms with E-state index in [1.807, 2.05) is 30.0 Å². The second kappa shape index (κ2) is 8.07. The van der Waals surface area contributed by atoms with E-state index in [0.717, 1.165) is 41.7 Å². The van der Waals surface area contributed by atoms with Crippen LogP contribution < -0.4 is 19.5 Å². The number of benzene rings is 1. The lowest BCUT2D eigenvalue weighted by Crippen LogP contribution is -2.19. The average molecular weight is 295 g/mol. The zero-order valence-corrected chi connectivity index (χ0v) is 12.6. The van der Waals surface area contributed by atoms with Crippen molar-refractivity contribution in [2.24, 2.45) is 0 Å². The van der Waals surface area contributed by atoms with Gasteiger partial charge < -0.3 is 19.5 Å². The van der Waals surface area contributed by atoms with Crippen molar-refractivity contribution in [2.75, 3.05) is 38.4 Å². The maximum atomic E-state index is 5.62. The van der Waals surface area contributed by atoms with Crippen molar-refractivity contribution in [1.82, 2.24) is 5.32 Å². The number of ether oxygens (including phenoxy) is 3. The first-order valence-electron chi connectivity index (χ1n) is 6.71. The van der Waals surface area contributed by atoms with E-state index >= 15 is 0 Å². The maximum Gasteiger partial charge on any atom is 0.203 e. The molecule has 1 aromatic carbocycles. The molecule has 0 spiro atoms. The van der Waals surface area contributed by atoms with Gasteiger partial charge in [-0.3, -0.25) is 0 Å². The zero-order valence-electron chi connectivity index (χ0n) is 11.8. The first-order chi connectivity index (χ1) is 9.85. The molecule has 0 saturated heterocycles. The molecule has 0 unspecified atom stereocenters. The van der Waals surface area contributed by atoms with Crippen LogP contribution in [0.15, 0.2) is 24.8 Å². The standard InChI is InChI=1S/C15H21NO3S/c1-3-7-20-8-4-16-11-12-9-13(17-2)15-14(10-12)18-5-6-19-15/h3,9-10,16H,1,4-8,11H2,2H3. The van der Waals surface area contributed by atoms with Crippen LogP contribution in [-0.4, -0.2) is 38.4 Å². The summed E-state index contributed by atoms with van der Waals surface area (Å²) < 4.78 is 16.6. The van der Waals surface area contributed by atoms with Crippen molar-refractivity contribution < 1.29 is 14.2 Å². The largest absolute Gasteiger partial charge is 0.493 e. The molecule has 0 saturated carbocycles. The molecule has 1 aromatic rings. The van der Waals surface area contributed by atoms with Crippen LogP contribution in [0.25, 0.3) is 0 Å². The van der Waals surface area contributed by atoms with Gasteiger partial charge in [0.1, 0.15) is 13.2 Å². The van der Waals surface area contributed by atoms with Gasteiger partial charge in [-0.2, -0.15) is 11.8 Å². The highest BCUT2D eigenvalue weighted by molar-refractivity contribution is 7.99. The highest BCUT2D eigenvalue weighted by Crippen LogP contribution is 2.40. The third-order valence-electron chi connectivity index (χ3n) is 2.88. The van der Waals surface area contributed by atoms with Crippen molar-refractivity contribution in [3.05, 3.63) is 30.4 Å². The van der Waals surface area contributed by atoms with Crippen molar-refractivity contribution >= 4 is 11.8 Å². The van der Waals surface area contributed by atoms with Crippen LogP contribution >= 0.6 is 11.8 Å². The van der Waals surface area contributed by atoms with Crippen molar-refractivity contribution in [3.63, 3.8) is 0 Å². The topological polar surface area (TPSA) is 39.7 Å². The molecule has 5 heteroatoms. The highest BCUT2D eigenvalue weighted by Gasteiger charge is 2.18. The Balaban J connectivity index is 1.90. The van der Waals surface area contributed by atoms with E-state index in [2.05, 4.69) is 11.9 Å². The van der Waals surface area contributed by atoms with Gasteiger partial charge in [0.2, 0.25) is 5.75 Å². The second-order valence-electron chi connectivity index (χ2n) is 4.36. The molecule has 1 heterocycles. The lowest BCUT2D eigenvalue weighted by atomic mass is 10.1. The van der Waals surface area contributed by atoms with Gasteiger partial charge in [-0.1, -0.05) is 6.08 Å². The smallest absolute Gasteiger partial charge is 0.203 e. The number of nitrogens with one attached hydrogen (secondary N) is 1. The van der Waals surface area contributed by atoms with E-state index in [-0.39, 0.29) is 0 Å². The molecule has 20 heavy (non-hydrogen) atoms. The van der Waals surface area contributed by atoms with Gasteiger partial charge in [0, 0.05) is 24.6 Å². The third kappa shape index (κ3) is 4.08. The third-order valence-corrected chi connectivity index (χ3v) is 3.84. The minimum absolute atomic E-state index is 0.571. The Morgan fingerprint density at radius 1 is 1.40 bits per heavy atom. The van der Waals surface area contributed by atoms with Crippen molar-refractivity contribution in [3.8, 4) is 17.2 Å². The molecule has 0 fully saturated rings. The Hall–Kier alpha value is -1.33. The number of fused-ring (bicyclic) bond motifs is 1. The van der Waals surface area contributed by atoms with E-state index in [1.54, 1.807) is 7.11 Å². The summed E-state index contributed by atoms with van der Waals surface area (Å²) in [5, 5.41) is 3.41. The fourth-order valence-electron chi connectivity index (χ4n) is 1.97. The van der Waals surface area contributed by atoms with E-state index in [4.69, 9.17) is 14.2 Å². The quantitative estimate of drug-likeness (QED) is 0.589. The number of rotatable bonds is 8. The van der Waals surface area contributed by atoms with Crippen LogP contribution in [0.4, 0.5) is 0 Å². The fourth-order valence-corrected chi connectivity index (χ4v) is 2.60. The summed E-state index contributed by atoms with van der Waals surface area (Å²) in [7, 11) is 1.65. The Morgan fingerprint density at radius 3 is 3.05 bits per heavy atom. The predicted molar refractivity (Wildman–Crippen MR) is 83.2 cm³/mol. The maximum absolute atomic E-state index is 5.62. The van der Waals surface area contributed by atoms with Crippen LogP contribution in [0.3, 0.4) is 0 Å². The summed E-state index contributed by atoms with van der Waals surface area (Å²) in [4.78, 5) is 0. The predicted octanol–water partition coefficient (Wildman–Crippen LogP) is 2.48. The molecule has 2 rings (SSSR count). The normalized spacial score (nSPS) is 13.1. The molecular weight excluding hydrogens is 274 g/mol. The number of methoxy groups -OCH3 is 1. The van der Waals surface area contributed by atoms with E-state index < -0.39 is 0 Å². The monoisotopic (exact) mass is 295 g/mol. The molecule has 0 bridgehead atoms. The lowest BCUT2D eigenvalue weighted by molar-refractivity contribution is 0.165. The van der Waals surface area contributed by atoms with E-state index in [0.29, 0.717) is 19.0 Å². The van der Waals surface area contributed by atoms with Crippen LogP contribution in [0, 0.1) is 0 Å². The van der Waals surface area contributed by atoms with Crippen LogP contribution in [0.1, 0.15) is 5.56 Å². The van der Waals surface area contributed by atoms with E-state index in [9.17, 15) is 0 Å². The molecule has 0 atom stereocenters. The minimum Gasteiger partial charge on any atom is -0.493 e. The van der Waals surface area contributed by atoms with Crippen LogP contribution in [-0.2, 0) is 6.54 Å². The Labute approximate surface area is 124 Å². The Bertz CT molecular complexity index is 434. The van der Waals surface area contributed by atoms with E-state index in [1.165, 1.54) is 0 Å². The Kier molecular flexibility index (Phi) is 6.08. The Morgan fingerprint density at radius 2 is 2.25 bits per heavy atom. The molecule has 0 aliphatic carbocycles. The first kappa shape index (κ1) is 15.1. The SMILES string of the molecule is C=CCSCCNCc1cc(OC)c2c(c1)OCCO2. The van der Waals surface area contributed by atoms with Gasteiger partial charge in [0.25, 0.3) is 0 Å². The minimum atomic E-state index is 0.571. The summed E-state index contributed by atoms with van der Waals surface area (Å²) in [5.74, 6) is 4.30. The summed E-state index contributed by atoms with van der Waals surface area (Å²) in [6.07, 6.45) is 1.93. The molecule has 110 valence electrons. The van der Waals surface area contributed by atoms with Crippen LogP contribution in [0.2, 0.25) is 0 Å². The number of hydrogen-bond donors (Lipinski definition) is 1. The van der Waals surface area contributed by atoms with Gasteiger partial charge >= 0.3 is 0 Å². The fraction of sp³-hybridized carbons (Fsp3) is 0.467. The zero-order chi connectivity index (χ0) is 14.2. The molecule has 1 aliphatic heterocycles. The molecule has 4 nitrogen and oxygen atoms in total. The van der Waals surface area contributed by atoms with Gasteiger partial charge in [-0.25, -0.2) is 0 Å². The first-order valence-corrected chi connectivity index (χ1v) is 7.86. The molecule has 0 amide bonds. The van der Waals surface area contributed by atoms with Gasteiger partial charge in [0.15, 0.2) is 11.5 Å². The lowest BCUT2D eigenvalue weighted by Gasteiger charge is -2.21. The van der Waals surface area contributed by atoms with Gasteiger partial charge in [-0.05, 0) is 17.7 Å². The number of hydrogen-bond acceptors (Lipinski definition) is 5. The molecule has 1 aliphatic rings. The highest BCUT2D eigenvalue weighted by atomic mass is 32.2. The molecule has 1 N–H and O–H groups in total. The molecule has 0 radical (unpaired) electrons. The molecular formula is C15H21NO3S. The summed E-state index contributed by atoms with van der Waals surface area (Å²) >= 11 is 1.87. The van der Waals surface area contributed by atoms with Gasteiger partial charge in [-0.15, -0.1) is 6.58 Å². The summed E-state index contributed by atoms with van der Waals surface area (Å²) in [6, 6.07) is 4.01. The number of thioether (sulfide) groups is 1. The van der Waals surface area contributed by atoms with Gasteiger partial charge in [0.05, 0.1) is 7.11 Å². The van der Waals surface area contributed by atoms with Crippen molar-refractivity contribution in [1.29, 1.82) is 0 Å². The second-order valence-corrected chi connectivity index (χ2v) is 5.51. The summed E-state index contributed by atoms with van der Waals surface area (Å²) in [6.45, 7) is 6.63.